The molecular weight excluding hydrogens is 426 g/mol. The Balaban J connectivity index is 1.85. The lowest BCUT2D eigenvalue weighted by molar-refractivity contribution is 0.0946. The van der Waals surface area contributed by atoms with Gasteiger partial charge in [-0.25, -0.2) is 0 Å². The molecule has 0 saturated heterocycles. The van der Waals surface area contributed by atoms with Gasteiger partial charge in [0, 0.05) is 37.1 Å². The van der Waals surface area contributed by atoms with Gasteiger partial charge in [-0.1, -0.05) is 19.9 Å². The van der Waals surface area contributed by atoms with Crippen LogP contribution in [-0.2, 0) is 4.74 Å². The highest BCUT2D eigenvalue weighted by Gasteiger charge is 2.10. The summed E-state index contributed by atoms with van der Waals surface area (Å²) in [5.41, 5.74) is 1.57. The molecule has 32 heavy (non-hydrogen) atoms. The number of anilines is 1. The van der Waals surface area contributed by atoms with Crippen molar-refractivity contribution in [3.05, 3.63) is 59.7 Å². The molecule has 0 heterocycles. The third-order valence-electron chi connectivity index (χ3n) is 4.50. The SMILES string of the molecule is COCCCNC(=O)c1cccc(NC(=S)NC(=O)c2ccc(OCCC(C)C)cc2)c1. The normalized spacial score (nSPS) is 10.5. The molecule has 0 unspecified atom stereocenters. The second-order valence-electron chi connectivity index (χ2n) is 7.65. The first-order valence-electron chi connectivity index (χ1n) is 10.6. The Morgan fingerprint density at radius 1 is 1.00 bits per heavy atom. The van der Waals surface area contributed by atoms with Crippen molar-refractivity contribution >= 4 is 34.8 Å². The van der Waals surface area contributed by atoms with Gasteiger partial charge in [-0.2, -0.15) is 0 Å². The first-order chi connectivity index (χ1) is 15.4. The second kappa shape index (κ2) is 13.4. The van der Waals surface area contributed by atoms with E-state index in [4.69, 9.17) is 21.7 Å². The van der Waals surface area contributed by atoms with Crippen molar-refractivity contribution in [3.63, 3.8) is 0 Å². The second-order valence-corrected chi connectivity index (χ2v) is 8.05. The van der Waals surface area contributed by atoms with Gasteiger partial charge in [0.05, 0.1) is 6.61 Å². The summed E-state index contributed by atoms with van der Waals surface area (Å²) in [5, 5.41) is 8.56. The molecule has 0 aliphatic heterocycles. The number of rotatable bonds is 11. The number of ether oxygens (including phenoxy) is 2. The average molecular weight is 458 g/mol. The zero-order valence-electron chi connectivity index (χ0n) is 18.8. The summed E-state index contributed by atoms with van der Waals surface area (Å²) in [5.74, 6) is 0.781. The fourth-order valence-corrected chi connectivity index (χ4v) is 2.92. The van der Waals surface area contributed by atoms with Crippen LogP contribution >= 0.6 is 12.2 Å². The zero-order valence-corrected chi connectivity index (χ0v) is 19.6. The Morgan fingerprint density at radius 3 is 2.44 bits per heavy atom. The summed E-state index contributed by atoms with van der Waals surface area (Å²) in [6.07, 6.45) is 1.71. The molecule has 2 aromatic rings. The third kappa shape index (κ3) is 9.03. The van der Waals surface area contributed by atoms with Gasteiger partial charge < -0.3 is 20.1 Å². The maximum absolute atomic E-state index is 12.5. The topological polar surface area (TPSA) is 88.7 Å². The molecule has 172 valence electrons. The minimum Gasteiger partial charge on any atom is -0.494 e. The molecular formula is C24H31N3O4S. The molecule has 2 rings (SSSR count). The van der Waals surface area contributed by atoms with Crippen LogP contribution in [0.3, 0.4) is 0 Å². The average Bonchev–Trinajstić information content (AvgIpc) is 2.77. The molecule has 2 aromatic carbocycles. The van der Waals surface area contributed by atoms with E-state index in [1.807, 2.05) is 0 Å². The predicted octanol–water partition coefficient (Wildman–Crippen LogP) is 4.00. The molecule has 0 saturated carbocycles. The van der Waals surface area contributed by atoms with E-state index in [0.717, 1.165) is 18.6 Å². The van der Waals surface area contributed by atoms with Gasteiger partial charge in [0.1, 0.15) is 5.75 Å². The summed E-state index contributed by atoms with van der Waals surface area (Å²) in [6, 6.07) is 13.8. The van der Waals surface area contributed by atoms with Crippen molar-refractivity contribution in [1.29, 1.82) is 0 Å². The fraction of sp³-hybridized carbons (Fsp3) is 0.375. The number of carbonyl (C=O) groups is 2. The monoisotopic (exact) mass is 457 g/mol. The molecule has 3 N–H and O–H groups in total. The van der Waals surface area contributed by atoms with Crippen molar-refractivity contribution in [3.8, 4) is 5.75 Å². The number of amides is 2. The lowest BCUT2D eigenvalue weighted by Gasteiger charge is -2.12. The fourth-order valence-electron chi connectivity index (χ4n) is 2.71. The summed E-state index contributed by atoms with van der Waals surface area (Å²) in [6.45, 7) is 6.04. The van der Waals surface area contributed by atoms with Crippen molar-refractivity contribution in [1.82, 2.24) is 10.6 Å². The third-order valence-corrected chi connectivity index (χ3v) is 4.71. The number of carbonyl (C=O) groups excluding carboxylic acids is 2. The Kier molecular flexibility index (Phi) is 10.6. The van der Waals surface area contributed by atoms with Gasteiger partial charge in [-0.05, 0) is 73.4 Å². The number of hydrogen-bond acceptors (Lipinski definition) is 5. The highest BCUT2D eigenvalue weighted by atomic mass is 32.1. The summed E-state index contributed by atoms with van der Waals surface area (Å²) >= 11 is 5.25. The zero-order chi connectivity index (χ0) is 23.3. The van der Waals surface area contributed by atoms with E-state index in [1.165, 1.54) is 0 Å². The van der Waals surface area contributed by atoms with Crippen LogP contribution in [0.5, 0.6) is 5.75 Å². The largest absolute Gasteiger partial charge is 0.494 e. The van der Waals surface area contributed by atoms with Crippen LogP contribution < -0.4 is 20.7 Å². The molecule has 0 atom stereocenters. The van der Waals surface area contributed by atoms with Crippen LogP contribution in [0.4, 0.5) is 5.69 Å². The quantitative estimate of drug-likeness (QED) is 0.349. The molecule has 0 spiro atoms. The maximum Gasteiger partial charge on any atom is 0.257 e. The van der Waals surface area contributed by atoms with Crippen molar-refractivity contribution in [2.24, 2.45) is 5.92 Å². The predicted molar refractivity (Wildman–Crippen MR) is 130 cm³/mol. The number of nitrogens with one attached hydrogen (secondary N) is 3. The molecule has 0 aliphatic carbocycles. The Labute approximate surface area is 194 Å². The molecule has 0 bridgehead atoms. The Hall–Kier alpha value is -2.97. The molecule has 7 nitrogen and oxygen atoms in total. The van der Waals surface area contributed by atoms with Crippen LogP contribution in [0, 0.1) is 5.92 Å². The number of benzene rings is 2. The van der Waals surface area contributed by atoms with Crippen LogP contribution in [0.15, 0.2) is 48.5 Å². The van der Waals surface area contributed by atoms with Crippen LogP contribution in [0.2, 0.25) is 0 Å². The maximum atomic E-state index is 12.5. The van der Waals surface area contributed by atoms with Crippen LogP contribution in [-0.4, -0.2) is 43.8 Å². The Bertz CT molecular complexity index is 900. The van der Waals surface area contributed by atoms with E-state index < -0.39 is 0 Å². The summed E-state index contributed by atoms with van der Waals surface area (Å²) in [4.78, 5) is 24.7. The molecule has 0 radical (unpaired) electrons. The molecule has 0 fully saturated rings. The number of methoxy groups -OCH3 is 1. The van der Waals surface area contributed by atoms with Gasteiger partial charge in [0.25, 0.3) is 11.8 Å². The minimum atomic E-state index is -0.330. The molecule has 2 amide bonds. The highest BCUT2D eigenvalue weighted by Crippen LogP contribution is 2.14. The highest BCUT2D eigenvalue weighted by molar-refractivity contribution is 7.80. The molecule has 0 aromatic heterocycles. The lowest BCUT2D eigenvalue weighted by atomic mass is 10.1. The van der Waals surface area contributed by atoms with Crippen LogP contribution in [0.1, 0.15) is 47.4 Å². The minimum absolute atomic E-state index is 0.143. The van der Waals surface area contributed by atoms with Crippen molar-refractivity contribution in [2.45, 2.75) is 26.7 Å². The van der Waals surface area contributed by atoms with Gasteiger partial charge in [0.2, 0.25) is 0 Å². The summed E-state index contributed by atoms with van der Waals surface area (Å²) < 4.78 is 10.6. The van der Waals surface area contributed by atoms with E-state index in [0.29, 0.717) is 42.5 Å². The van der Waals surface area contributed by atoms with Gasteiger partial charge in [-0.15, -0.1) is 0 Å². The standard InChI is InChI=1S/C24H31N3O4S/c1-17(2)12-15-31-21-10-8-18(9-11-21)23(29)27-24(32)26-20-7-4-6-19(16-20)22(28)25-13-5-14-30-3/h4,6-11,16-17H,5,12-15H2,1-3H3,(H,25,28)(H2,26,27,29,32). The van der Waals surface area contributed by atoms with Gasteiger partial charge >= 0.3 is 0 Å². The van der Waals surface area contributed by atoms with Crippen LogP contribution in [0.25, 0.3) is 0 Å². The van der Waals surface area contributed by atoms with E-state index in [1.54, 1.807) is 55.6 Å². The van der Waals surface area contributed by atoms with E-state index in [2.05, 4.69) is 29.8 Å². The van der Waals surface area contributed by atoms with E-state index >= 15 is 0 Å². The van der Waals surface area contributed by atoms with Gasteiger partial charge in [0.15, 0.2) is 5.11 Å². The lowest BCUT2D eigenvalue weighted by Crippen LogP contribution is -2.34. The first-order valence-corrected chi connectivity index (χ1v) is 11.0. The number of thiocarbonyl (C=S) groups is 1. The van der Waals surface area contributed by atoms with E-state index in [-0.39, 0.29) is 16.9 Å². The van der Waals surface area contributed by atoms with Crippen molar-refractivity contribution < 1.29 is 19.1 Å². The summed E-state index contributed by atoms with van der Waals surface area (Å²) in [7, 11) is 1.62. The number of hydrogen-bond donors (Lipinski definition) is 3. The Morgan fingerprint density at radius 2 is 1.75 bits per heavy atom. The van der Waals surface area contributed by atoms with Crippen molar-refractivity contribution in [2.75, 3.05) is 32.2 Å². The first kappa shape index (κ1) is 25.3. The van der Waals surface area contributed by atoms with E-state index in [9.17, 15) is 9.59 Å². The molecule has 8 heteroatoms. The van der Waals surface area contributed by atoms with Gasteiger partial charge in [-0.3, -0.25) is 14.9 Å². The molecule has 0 aliphatic rings. The smallest absolute Gasteiger partial charge is 0.257 e.